The van der Waals surface area contributed by atoms with Gasteiger partial charge in [0.2, 0.25) is 0 Å². The van der Waals surface area contributed by atoms with Crippen LogP contribution in [0.15, 0.2) is 54.6 Å². The SMILES string of the molecule is C=CCC1=C2c3ccc(C)cc3CCC2C2CC[C@H](C)[C@@]2(C)C1.CCCCC(CCCCCCCC[C@H]1C[C@@]2(C)C(CC[C@@H]2O)C2CCc3cc(O)ccc3C21)C(=O)O. The monoisotopic (exact) mass is 805 g/mol. The van der Waals surface area contributed by atoms with E-state index in [1.807, 2.05) is 12.1 Å². The lowest BCUT2D eigenvalue weighted by molar-refractivity contribution is -0.142. The van der Waals surface area contributed by atoms with Gasteiger partial charge in [-0.05, 0) is 189 Å². The number of hydrogen-bond acceptors (Lipinski definition) is 3. The number of rotatable bonds is 15. The Bertz CT molecular complexity index is 1810. The lowest BCUT2D eigenvalue weighted by atomic mass is 9.51. The van der Waals surface area contributed by atoms with Crippen LogP contribution in [0.25, 0.3) is 5.57 Å². The van der Waals surface area contributed by atoms with E-state index in [4.69, 9.17) is 0 Å². The van der Waals surface area contributed by atoms with Crippen molar-refractivity contribution in [2.45, 2.75) is 188 Å². The molecule has 4 heteroatoms. The molecule has 0 amide bonds. The Morgan fingerprint density at radius 2 is 1.59 bits per heavy atom. The highest BCUT2D eigenvalue weighted by Crippen LogP contribution is 2.65. The van der Waals surface area contributed by atoms with Crippen molar-refractivity contribution in [1.82, 2.24) is 0 Å². The third-order valence-electron chi connectivity index (χ3n) is 17.8. The molecule has 8 rings (SSSR count). The van der Waals surface area contributed by atoms with Crippen LogP contribution in [0.2, 0.25) is 0 Å². The Morgan fingerprint density at radius 3 is 2.36 bits per heavy atom. The first-order valence-corrected chi connectivity index (χ1v) is 24.5. The van der Waals surface area contributed by atoms with Crippen molar-refractivity contribution >= 4 is 11.5 Å². The molecule has 0 radical (unpaired) electrons. The summed E-state index contributed by atoms with van der Waals surface area (Å²) in [7, 11) is 0. The summed E-state index contributed by atoms with van der Waals surface area (Å²) >= 11 is 0. The molecule has 6 aliphatic carbocycles. The largest absolute Gasteiger partial charge is 0.508 e. The Kier molecular flexibility index (Phi) is 14.3. The van der Waals surface area contributed by atoms with Crippen molar-refractivity contribution in [2.24, 2.45) is 52.3 Å². The number of fused-ring (bicyclic) bond motifs is 10. The van der Waals surface area contributed by atoms with E-state index in [-0.39, 0.29) is 17.4 Å². The van der Waals surface area contributed by atoms with Crippen LogP contribution in [0, 0.1) is 59.2 Å². The number of aliphatic hydroxyl groups excluding tert-OH is 1. The van der Waals surface area contributed by atoms with Crippen LogP contribution in [0.4, 0.5) is 0 Å². The topological polar surface area (TPSA) is 77.8 Å². The lowest BCUT2D eigenvalue weighted by Gasteiger charge is -2.54. The van der Waals surface area contributed by atoms with Crippen LogP contribution in [-0.2, 0) is 17.6 Å². The van der Waals surface area contributed by atoms with Crippen LogP contribution in [0.5, 0.6) is 5.75 Å². The summed E-state index contributed by atoms with van der Waals surface area (Å²) in [6, 6.07) is 13.2. The number of aromatic hydroxyl groups is 1. The maximum atomic E-state index is 11.4. The van der Waals surface area contributed by atoms with Gasteiger partial charge in [-0.3, -0.25) is 4.79 Å². The zero-order valence-electron chi connectivity index (χ0n) is 37.8. The Morgan fingerprint density at radius 1 is 0.864 bits per heavy atom. The third kappa shape index (κ3) is 9.06. The fourth-order valence-electron chi connectivity index (χ4n) is 14.5. The minimum atomic E-state index is -0.614. The predicted molar refractivity (Wildman–Crippen MR) is 245 cm³/mol. The molecule has 3 N–H and O–H groups in total. The smallest absolute Gasteiger partial charge is 0.306 e. The molecule has 0 spiro atoms. The van der Waals surface area contributed by atoms with Gasteiger partial charge in [-0.2, -0.15) is 0 Å². The second-order valence-electron chi connectivity index (χ2n) is 21.2. The van der Waals surface area contributed by atoms with Gasteiger partial charge in [0.25, 0.3) is 0 Å². The molecule has 0 bridgehead atoms. The van der Waals surface area contributed by atoms with Crippen LogP contribution < -0.4 is 0 Å². The van der Waals surface area contributed by atoms with Crippen molar-refractivity contribution in [1.29, 1.82) is 0 Å². The highest BCUT2D eigenvalue weighted by Gasteiger charge is 2.57. The van der Waals surface area contributed by atoms with E-state index in [2.05, 4.69) is 71.5 Å². The number of phenolic OH excluding ortho intramolecular Hbond substituents is 1. The number of unbranched alkanes of at least 4 members (excludes halogenated alkanes) is 6. The Balaban J connectivity index is 0.000000196. The molecule has 2 aromatic rings. The summed E-state index contributed by atoms with van der Waals surface area (Å²) < 4.78 is 0. The molecule has 0 aliphatic heterocycles. The molecule has 0 heterocycles. The molecular weight excluding hydrogens is 725 g/mol. The van der Waals surface area contributed by atoms with E-state index in [9.17, 15) is 20.1 Å². The Labute approximate surface area is 358 Å². The molecule has 11 atom stereocenters. The maximum Gasteiger partial charge on any atom is 0.306 e. The van der Waals surface area contributed by atoms with E-state index >= 15 is 0 Å². The number of carbonyl (C=O) groups is 1. The summed E-state index contributed by atoms with van der Waals surface area (Å²) in [4.78, 5) is 11.4. The summed E-state index contributed by atoms with van der Waals surface area (Å²) in [5.41, 5.74) is 11.4. The van der Waals surface area contributed by atoms with E-state index < -0.39 is 5.97 Å². The number of allylic oxidation sites excluding steroid dienone is 3. The minimum absolute atomic E-state index is 0.0682. The third-order valence-corrected chi connectivity index (χ3v) is 17.8. The second kappa shape index (κ2) is 19.0. The average molecular weight is 805 g/mol. The van der Waals surface area contributed by atoms with Crippen LogP contribution in [0.3, 0.4) is 0 Å². The number of phenols is 1. The predicted octanol–water partition coefficient (Wildman–Crippen LogP) is 14.2. The van der Waals surface area contributed by atoms with E-state index in [1.54, 1.807) is 22.3 Å². The molecule has 3 saturated carbocycles. The maximum absolute atomic E-state index is 11.4. The summed E-state index contributed by atoms with van der Waals surface area (Å²) in [6.07, 6.45) is 27.4. The molecule has 4 nitrogen and oxygen atoms in total. The Hall–Kier alpha value is -2.85. The summed E-state index contributed by atoms with van der Waals surface area (Å²) in [6.45, 7) is 15.9. The van der Waals surface area contributed by atoms with Gasteiger partial charge in [-0.25, -0.2) is 0 Å². The summed E-state index contributed by atoms with van der Waals surface area (Å²) in [5, 5.41) is 30.5. The van der Waals surface area contributed by atoms with E-state index in [1.165, 1.54) is 93.7 Å². The number of benzene rings is 2. The zero-order chi connectivity index (χ0) is 41.9. The van der Waals surface area contributed by atoms with Gasteiger partial charge in [0, 0.05) is 0 Å². The molecule has 3 fully saturated rings. The molecule has 324 valence electrons. The van der Waals surface area contributed by atoms with E-state index in [0.717, 1.165) is 82.0 Å². The van der Waals surface area contributed by atoms with Gasteiger partial charge in [-0.1, -0.05) is 121 Å². The highest BCUT2D eigenvalue weighted by molar-refractivity contribution is 5.76. The molecule has 2 aromatic carbocycles. The van der Waals surface area contributed by atoms with Crippen LogP contribution in [0.1, 0.15) is 190 Å². The number of aliphatic carboxylic acids is 1. The average Bonchev–Trinajstić information content (AvgIpc) is 3.69. The molecule has 6 unspecified atom stereocenters. The first-order chi connectivity index (χ1) is 28.4. The van der Waals surface area contributed by atoms with Crippen LogP contribution >= 0.6 is 0 Å². The lowest BCUT2D eigenvalue weighted by Crippen LogP contribution is -2.47. The fourth-order valence-corrected chi connectivity index (χ4v) is 14.5. The normalized spacial score (nSPS) is 33.3. The first-order valence-electron chi connectivity index (χ1n) is 24.5. The quantitative estimate of drug-likeness (QED) is 0.124. The molecule has 59 heavy (non-hydrogen) atoms. The number of hydrogen-bond donors (Lipinski definition) is 3. The van der Waals surface area contributed by atoms with E-state index in [0.29, 0.717) is 34.8 Å². The molecule has 6 aliphatic rings. The van der Waals surface area contributed by atoms with Crippen molar-refractivity contribution in [3.05, 3.63) is 82.4 Å². The van der Waals surface area contributed by atoms with Gasteiger partial charge in [-0.15, -0.1) is 6.58 Å². The van der Waals surface area contributed by atoms with Gasteiger partial charge in [0.15, 0.2) is 0 Å². The number of carboxylic acids is 1. The van der Waals surface area contributed by atoms with Crippen molar-refractivity contribution < 1.29 is 20.1 Å². The fraction of sp³-hybridized carbons (Fsp3) is 0.691. The van der Waals surface area contributed by atoms with Gasteiger partial charge >= 0.3 is 5.97 Å². The van der Waals surface area contributed by atoms with Crippen molar-refractivity contribution in [3.8, 4) is 5.75 Å². The zero-order valence-corrected chi connectivity index (χ0v) is 37.8. The molecule has 0 saturated heterocycles. The van der Waals surface area contributed by atoms with Gasteiger partial charge in [0.1, 0.15) is 5.75 Å². The minimum Gasteiger partial charge on any atom is -0.508 e. The standard InChI is InChI=1S/C32H50O4.C23H30/c1-3-4-11-22(31(35)36)12-9-7-5-6-8-10-13-24-21-32(2)28(18-19-29(32)34)27-16-14-23-20-25(33)15-17-26(23)30(24)27;1-5-6-18-14-23(4)16(3)8-12-21(23)20-11-9-17-13-15(2)7-10-19(17)22(18)20/h15,17,20,22,24,27-30,33-34H,3-14,16,18-19,21H2,1-2H3,(H,35,36);5,7,10,13,16,20-21H,1,6,8-9,11-12,14H2,2-4H3/t22?,24-,27?,28?,29-,30?,32-;16-,20?,21?,23+/m00/s1. The number of aliphatic hydroxyl groups is 1. The molecular formula is C55H80O4. The first kappa shape index (κ1) is 44.2. The number of aryl methyl sites for hydroxylation is 3. The van der Waals surface area contributed by atoms with Crippen LogP contribution in [-0.4, -0.2) is 27.4 Å². The summed E-state index contributed by atoms with van der Waals surface area (Å²) in [5.74, 6) is 4.67. The second-order valence-corrected chi connectivity index (χ2v) is 21.2. The van der Waals surface area contributed by atoms with Gasteiger partial charge < -0.3 is 15.3 Å². The highest BCUT2D eigenvalue weighted by atomic mass is 16.4. The van der Waals surface area contributed by atoms with Gasteiger partial charge in [0.05, 0.1) is 12.0 Å². The van der Waals surface area contributed by atoms with Crippen molar-refractivity contribution in [3.63, 3.8) is 0 Å². The molecule has 0 aromatic heterocycles. The van der Waals surface area contributed by atoms with Crippen molar-refractivity contribution in [2.75, 3.05) is 0 Å². The number of carboxylic acid groups (broad SMARTS) is 1.